The quantitative estimate of drug-likeness (QED) is 0.866. The number of nitrogen functional groups attached to an aromatic ring is 1. The van der Waals surface area contributed by atoms with Crippen LogP contribution in [0.3, 0.4) is 0 Å². The number of hydrogen-bond acceptors (Lipinski definition) is 2. The Labute approximate surface area is 120 Å². The predicted octanol–water partition coefficient (Wildman–Crippen LogP) is 3.03. The molecule has 0 bridgehead atoms. The van der Waals surface area contributed by atoms with E-state index in [9.17, 15) is 4.79 Å². The van der Waals surface area contributed by atoms with Gasteiger partial charge in [0, 0.05) is 12.7 Å². The van der Waals surface area contributed by atoms with Crippen LogP contribution >= 0.6 is 0 Å². The number of anilines is 1. The summed E-state index contributed by atoms with van der Waals surface area (Å²) < 4.78 is 0. The maximum absolute atomic E-state index is 12.3. The Kier molecular flexibility index (Phi) is 4.41. The molecule has 2 N–H and O–H groups in total. The van der Waals surface area contributed by atoms with Crippen molar-refractivity contribution in [1.29, 1.82) is 0 Å². The Morgan fingerprint density at radius 3 is 2.50 bits per heavy atom. The molecule has 0 aromatic heterocycles. The Hall–Kier alpha value is -2.29. The Morgan fingerprint density at radius 2 is 1.85 bits per heavy atom. The van der Waals surface area contributed by atoms with Gasteiger partial charge in [0.05, 0.1) is 12.5 Å². The van der Waals surface area contributed by atoms with Gasteiger partial charge in [-0.1, -0.05) is 42.5 Å². The van der Waals surface area contributed by atoms with Crippen LogP contribution in [-0.2, 0) is 11.2 Å². The summed E-state index contributed by atoms with van der Waals surface area (Å²) in [5.41, 5.74) is 8.51. The first kappa shape index (κ1) is 14.1. The number of benzene rings is 2. The van der Waals surface area contributed by atoms with Crippen molar-refractivity contribution in [1.82, 2.24) is 4.90 Å². The van der Waals surface area contributed by atoms with E-state index >= 15 is 0 Å². The molecule has 0 heterocycles. The normalized spacial score (nSPS) is 11.9. The molecule has 20 heavy (non-hydrogen) atoms. The fourth-order valence-corrected chi connectivity index (χ4v) is 2.17. The Bertz CT molecular complexity index is 581. The summed E-state index contributed by atoms with van der Waals surface area (Å²) in [6, 6.07) is 17.6. The summed E-state index contributed by atoms with van der Waals surface area (Å²) in [5.74, 6) is 0.0898. The van der Waals surface area contributed by atoms with Crippen molar-refractivity contribution in [3.63, 3.8) is 0 Å². The summed E-state index contributed by atoms with van der Waals surface area (Å²) in [4.78, 5) is 14.1. The first-order valence-electron chi connectivity index (χ1n) is 6.73. The lowest BCUT2D eigenvalue weighted by Crippen LogP contribution is -2.30. The van der Waals surface area contributed by atoms with Gasteiger partial charge in [-0.3, -0.25) is 4.79 Å². The minimum absolute atomic E-state index is 0.0600. The second-order valence-corrected chi connectivity index (χ2v) is 5.01. The highest BCUT2D eigenvalue weighted by Gasteiger charge is 2.17. The fourth-order valence-electron chi connectivity index (χ4n) is 2.17. The smallest absolute Gasteiger partial charge is 0.227 e. The molecule has 3 nitrogen and oxygen atoms in total. The topological polar surface area (TPSA) is 46.3 Å². The monoisotopic (exact) mass is 268 g/mol. The molecule has 2 aromatic carbocycles. The molecule has 0 aliphatic rings. The van der Waals surface area contributed by atoms with Gasteiger partial charge in [-0.2, -0.15) is 0 Å². The van der Waals surface area contributed by atoms with Crippen molar-refractivity contribution in [2.45, 2.75) is 19.4 Å². The molecule has 2 aromatic rings. The zero-order chi connectivity index (χ0) is 14.5. The summed E-state index contributed by atoms with van der Waals surface area (Å²) in [6.07, 6.45) is 0.374. The molecular weight excluding hydrogens is 248 g/mol. The third-order valence-corrected chi connectivity index (χ3v) is 3.56. The number of amides is 1. The zero-order valence-electron chi connectivity index (χ0n) is 11.9. The maximum atomic E-state index is 12.3. The molecule has 1 amide bonds. The van der Waals surface area contributed by atoms with Crippen molar-refractivity contribution >= 4 is 11.6 Å². The number of likely N-dealkylation sites (N-methyl/N-ethyl adjacent to an activating group) is 1. The van der Waals surface area contributed by atoms with E-state index in [1.54, 1.807) is 4.90 Å². The molecule has 0 radical (unpaired) electrons. The minimum atomic E-state index is 0.0600. The van der Waals surface area contributed by atoms with Gasteiger partial charge in [-0.05, 0) is 30.2 Å². The van der Waals surface area contributed by atoms with Crippen LogP contribution in [-0.4, -0.2) is 17.9 Å². The Morgan fingerprint density at radius 1 is 1.15 bits per heavy atom. The first-order chi connectivity index (χ1) is 9.58. The summed E-state index contributed by atoms with van der Waals surface area (Å²) in [7, 11) is 1.84. The summed E-state index contributed by atoms with van der Waals surface area (Å²) >= 11 is 0. The molecule has 1 unspecified atom stereocenters. The van der Waals surface area contributed by atoms with Gasteiger partial charge in [0.2, 0.25) is 5.91 Å². The summed E-state index contributed by atoms with van der Waals surface area (Å²) in [5, 5.41) is 0. The van der Waals surface area contributed by atoms with E-state index in [1.807, 2.05) is 68.6 Å². The second kappa shape index (κ2) is 6.24. The zero-order valence-corrected chi connectivity index (χ0v) is 11.9. The van der Waals surface area contributed by atoms with Crippen LogP contribution in [0.5, 0.6) is 0 Å². The first-order valence-corrected chi connectivity index (χ1v) is 6.73. The van der Waals surface area contributed by atoms with Gasteiger partial charge in [0.15, 0.2) is 0 Å². The highest BCUT2D eigenvalue weighted by molar-refractivity contribution is 5.79. The van der Waals surface area contributed by atoms with Gasteiger partial charge >= 0.3 is 0 Å². The molecule has 0 fully saturated rings. The third kappa shape index (κ3) is 3.38. The molecule has 2 rings (SSSR count). The number of carbonyl (C=O) groups excluding carboxylic acids is 1. The van der Waals surface area contributed by atoms with Crippen LogP contribution in [0.2, 0.25) is 0 Å². The third-order valence-electron chi connectivity index (χ3n) is 3.56. The lowest BCUT2D eigenvalue weighted by atomic mass is 10.1. The van der Waals surface area contributed by atoms with Crippen LogP contribution in [0.4, 0.5) is 5.69 Å². The van der Waals surface area contributed by atoms with Crippen LogP contribution < -0.4 is 5.73 Å². The minimum Gasteiger partial charge on any atom is -0.399 e. The van der Waals surface area contributed by atoms with Gasteiger partial charge in [0.1, 0.15) is 0 Å². The van der Waals surface area contributed by atoms with E-state index in [2.05, 4.69) is 0 Å². The highest BCUT2D eigenvalue weighted by atomic mass is 16.2. The average Bonchev–Trinajstić information content (AvgIpc) is 2.46. The second-order valence-electron chi connectivity index (χ2n) is 5.01. The standard InChI is InChI=1S/C17H20N2O/c1-13(15-8-4-3-5-9-15)19(2)17(20)12-14-7-6-10-16(18)11-14/h3-11,13H,12,18H2,1-2H3. The molecule has 0 saturated carbocycles. The van der Waals surface area contributed by atoms with Crippen molar-refractivity contribution in [2.24, 2.45) is 0 Å². The number of nitrogens with two attached hydrogens (primary N) is 1. The lowest BCUT2D eigenvalue weighted by Gasteiger charge is -2.25. The van der Waals surface area contributed by atoms with Gasteiger partial charge in [-0.25, -0.2) is 0 Å². The average molecular weight is 268 g/mol. The van der Waals surface area contributed by atoms with Crippen molar-refractivity contribution < 1.29 is 4.79 Å². The molecule has 104 valence electrons. The van der Waals surface area contributed by atoms with Gasteiger partial charge < -0.3 is 10.6 Å². The van der Waals surface area contributed by atoms with Crippen molar-refractivity contribution in [2.75, 3.05) is 12.8 Å². The van der Waals surface area contributed by atoms with Crippen molar-refractivity contribution in [3.8, 4) is 0 Å². The fraction of sp³-hybridized carbons (Fsp3) is 0.235. The SMILES string of the molecule is CC(c1ccccc1)N(C)C(=O)Cc1cccc(N)c1. The molecule has 0 aliphatic heterocycles. The molecule has 1 atom stereocenters. The molecule has 0 spiro atoms. The van der Waals surface area contributed by atoms with E-state index in [1.165, 1.54) is 0 Å². The molecular formula is C17H20N2O. The van der Waals surface area contributed by atoms with Crippen LogP contribution in [0, 0.1) is 0 Å². The van der Waals surface area contributed by atoms with E-state index < -0.39 is 0 Å². The van der Waals surface area contributed by atoms with Gasteiger partial charge in [0.25, 0.3) is 0 Å². The largest absolute Gasteiger partial charge is 0.399 e. The molecule has 0 aliphatic carbocycles. The lowest BCUT2D eigenvalue weighted by molar-refractivity contribution is -0.131. The van der Waals surface area contributed by atoms with E-state index in [-0.39, 0.29) is 11.9 Å². The molecule has 3 heteroatoms. The van der Waals surface area contributed by atoms with E-state index in [0.717, 1.165) is 11.1 Å². The summed E-state index contributed by atoms with van der Waals surface area (Å²) in [6.45, 7) is 2.03. The molecule has 0 saturated heterocycles. The van der Waals surface area contributed by atoms with Crippen LogP contribution in [0.25, 0.3) is 0 Å². The number of rotatable bonds is 4. The highest BCUT2D eigenvalue weighted by Crippen LogP contribution is 2.19. The van der Waals surface area contributed by atoms with E-state index in [0.29, 0.717) is 12.1 Å². The van der Waals surface area contributed by atoms with E-state index in [4.69, 9.17) is 5.73 Å². The maximum Gasteiger partial charge on any atom is 0.227 e. The van der Waals surface area contributed by atoms with Crippen LogP contribution in [0.1, 0.15) is 24.1 Å². The predicted molar refractivity (Wildman–Crippen MR) is 82.2 cm³/mol. The number of carbonyl (C=O) groups is 1. The van der Waals surface area contributed by atoms with Crippen molar-refractivity contribution in [3.05, 3.63) is 65.7 Å². The Balaban J connectivity index is 2.05. The number of hydrogen-bond donors (Lipinski definition) is 1. The number of nitrogens with zero attached hydrogens (tertiary/aromatic N) is 1. The van der Waals surface area contributed by atoms with Crippen LogP contribution in [0.15, 0.2) is 54.6 Å². The van der Waals surface area contributed by atoms with Gasteiger partial charge in [-0.15, -0.1) is 0 Å².